The smallest absolute Gasteiger partial charge is 0.254 e. The molecule has 0 unspecified atom stereocenters. The lowest BCUT2D eigenvalue weighted by molar-refractivity contribution is 0.603. The summed E-state index contributed by atoms with van der Waals surface area (Å²) >= 11 is 6.00. The Balaban J connectivity index is 1.88. The minimum absolute atomic E-state index is 0.312. The van der Waals surface area contributed by atoms with Crippen molar-refractivity contribution in [3.8, 4) is 0 Å². The Bertz CT molecular complexity index is 692. The molecule has 1 aliphatic rings. The molecule has 0 bridgehead atoms. The van der Waals surface area contributed by atoms with Gasteiger partial charge in [-0.25, -0.2) is 13.4 Å². The average molecular weight is 379 g/mol. The van der Waals surface area contributed by atoms with Crippen LogP contribution < -0.4 is 4.72 Å². The predicted molar refractivity (Wildman–Crippen MR) is 81.7 cm³/mol. The normalized spacial score (nSPS) is 14.6. The van der Waals surface area contributed by atoms with E-state index in [4.69, 9.17) is 0 Å². The monoisotopic (exact) mass is 378 g/mol. The first-order valence-corrected chi connectivity index (χ1v) is 9.64. The molecule has 19 heavy (non-hydrogen) atoms. The Morgan fingerprint density at radius 1 is 1.37 bits per heavy atom. The van der Waals surface area contributed by atoms with Crippen molar-refractivity contribution in [1.82, 2.24) is 4.98 Å². The number of hydrogen-bond donors (Lipinski definition) is 1. The molecule has 1 N–H and O–H groups in total. The topological polar surface area (TPSA) is 59.1 Å². The zero-order valence-corrected chi connectivity index (χ0v) is 14.1. The van der Waals surface area contributed by atoms with Crippen LogP contribution in [0, 0.1) is 6.92 Å². The summed E-state index contributed by atoms with van der Waals surface area (Å²) in [7, 11) is -3.52. The Kier molecular flexibility index (Phi) is 3.45. The van der Waals surface area contributed by atoms with Crippen LogP contribution in [0.4, 0.5) is 5.13 Å². The van der Waals surface area contributed by atoms with E-state index in [-0.39, 0.29) is 0 Å². The highest BCUT2D eigenvalue weighted by Crippen LogP contribution is 2.34. The van der Waals surface area contributed by atoms with Gasteiger partial charge in [-0.15, -0.1) is 22.7 Å². The summed E-state index contributed by atoms with van der Waals surface area (Å²) in [5.74, 6) is 0. The van der Waals surface area contributed by atoms with Crippen LogP contribution in [-0.4, -0.2) is 13.4 Å². The summed E-state index contributed by atoms with van der Waals surface area (Å²) in [6.45, 7) is 1.87. The van der Waals surface area contributed by atoms with Crippen LogP contribution in [-0.2, 0) is 22.9 Å². The molecule has 0 spiro atoms. The van der Waals surface area contributed by atoms with E-state index in [9.17, 15) is 8.42 Å². The van der Waals surface area contributed by atoms with E-state index in [0.29, 0.717) is 9.34 Å². The third-order valence-corrected chi connectivity index (χ3v) is 8.07. The number of sulfonamides is 1. The second-order valence-electron chi connectivity index (χ2n) is 4.37. The molecule has 2 aromatic heterocycles. The number of thiophene rings is 1. The molecule has 2 aromatic rings. The number of halogens is 1. The number of aryl methyl sites for hydroxylation is 3. The van der Waals surface area contributed by atoms with E-state index >= 15 is 0 Å². The molecule has 102 valence electrons. The summed E-state index contributed by atoms with van der Waals surface area (Å²) in [6, 6.07) is 1.67. The summed E-state index contributed by atoms with van der Waals surface area (Å²) in [5, 5.41) is 0.479. The fourth-order valence-corrected chi connectivity index (χ4v) is 6.47. The van der Waals surface area contributed by atoms with E-state index in [0.717, 1.165) is 34.3 Å². The molecule has 0 aromatic carbocycles. The molecule has 1 aliphatic carbocycles. The fourth-order valence-electron chi connectivity index (χ4n) is 1.96. The second kappa shape index (κ2) is 4.83. The number of hydrogen-bond acceptors (Lipinski definition) is 5. The van der Waals surface area contributed by atoms with Crippen LogP contribution in [0.25, 0.3) is 0 Å². The lowest BCUT2D eigenvalue weighted by atomic mass is 10.4. The molecule has 0 saturated carbocycles. The molecule has 0 saturated heterocycles. The largest absolute Gasteiger partial charge is 0.273 e. The highest BCUT2D eigenvalue weighted by Gasteiger charge is 2.22. The Hall–Kier alpha value is -0.440. The minimum Gasteiger partial charge on any atom is -0.254 e. The van der Waals surface area contributed by atoms with E-state index < -0.39 is 10.0 Å². The predicted octanol–water partition coefficient (Wildman–Crippen LogP) is 3.57. The van der Waals surface area contributed by atoms with Gasteiger partial charge in [0.1, 0.15) is 4.21 Å². The number of aromatic nitrogens is 1. The van der Waals surface area contributed by atoms with Gasteiger partial charge < -0.3 is 0 Å². The number of rotatable bonds is 3. The van der Waals surface area contributed by atoms with Gasteiger partial charge >= 0.3 is 0 Å². The molecule has 2 heterocycles. The number of nitrogens with one attached hydrogen (secondary N) is 1. The molecule has 4 nitrogen and oxygen atoms in total. The molecular weight excluding hydrogens is 368 g/mol. The second-order valence-corrected chi connectivity index (χ2v) is 9.73. The number of fused-ring (bicyclic) bond motifs is 1. The summed E-state index contributed by atoms with van der Waals surface area (Å²) in [4.78, 5) is 5.56. The van der Waals surface area contributed by atoms with Crippen LogP contribution in [0.15, 0.2) is 14.1 Å². The van der Waals surface area contributed by atoms with Crippen molar-refractivity contribution in [2.75, 3.05) is 4.72 Å². The number of thiazole rings is 1. The highest BCUT2D eigenvalue weighted by atomic mass is 79.9. The Morgan fingerprint density at radius 3 is 2.79 bits per heavy atom. The van der Waals surface area contributed by atoms with E-state index in [1.807, 2.05) is 6.92 Å². The van der Waals surface area contributed by atoms with Gasteiger partial charge in [0.2, 0.25) is 0 Å². The Morgan fingerprint density at radius 2 is 2.16 bits per heavy atom. The van der Waals surface area contributed by atoms with Gasteiger partial charge in [0.15, 0.2) is 5.13 Å². The summed E-state index contributed by atoms with van der Waals surface area (Å²) < 4.78 is 28.2. The lowest BCUT2D eigenvalue weighted by Gasteiger charge is -2.01. The molecule has 0 atom stereocenters. The van der Waals surface area contributed by atoms with Gasteiger partial charge in [-0.3, -0.25) is 4.72 Å². The minimum atomic E-state index is -3.52. The maximum absolute atomic E-state index is 12.2. The van der Waals surface area contributed by atoms with Gasteiger partial charge in [0.05, 0.1) is 9.48 Å². The third-order valence-electron chi connectivity index (χ3n) is 2.92. The molecule has 0 radical (unpaired) electrons. The summed E-state index contributed by atoms with van der Waals surface area (Å²) in [6.07, 6.45) is 3.09. The van der Waals surface area contributed by atoms with Gasteiger partial charge in [0, 0.05) is 4.88 Å². The maximum Gasteiger partial charge on any atom is 0.273 e. The highest BCUT2D eigenvalue weighted by molar-refractivity contribution is 9.11. The quantitative estimate of drug-likeness (QED) is 0.887. The van der Waals surface area contributed by atoms with Gasteiger partial charge in [-0.2, -0.15) is 0 Å². The fraction of sp³-hybridized carbons (Fsp3) is 0.364. The van der Waals surface area contributed by atoms with Crippen molar-refractivity contribution in [2.45, 2.75) is 30.4 Å². The van der Waals surface area contributed by atoms with Gasteiger partial charge in [-0.05, 0) is 53.7 Å². The first-order valence-electron chi connectivity index (χ1n) is 5.73. The van der Waals surface area contributed by atoms with Crippen LogP contribution >= 0.6 is 38.6 Å². The summed E-state index contributed by atoms with van der Waals surface area (Å²) in [5.41, 5.74) is 1.97. The standard InChI is InChI=1S/C11H11BrN2O2S3/c1-6-5-9(18-10(6)12)19(15,16)14-11-13-7-3-2-4-8(7)17-11/h5H,2-4H2,1H3,(H,13,14). The molecular formula is C11H11BrN2O2S3. The van der Waals surface area contributed by atoms with Crippen molar-refractivity contribution in [3.05, 3.63) is 26.0 Å². The first-order chi connectivity index (χ1) is 8.95. The number of nitrogens with zero attached hydrogens (tertiary/aromatic N) is 1. The molecule has 0 amide bonds. The van der Waals surface area contributed by atoms with Crippen LogP contribution in [0.2, 0.25) is 0 Å². The van der Waals surface area contributed by atoms with Gasteiger partial charge in [0.25, 0.3) is 10.0 Å². The number of anilines is 1. The van der Waals surface area contributed by atoms with Crippen molar-refractivity contribution in [3.63, 3.8) is 0 Å². The Labute approximate surface area is 128 Å². The molecule has 0 aliphatic heterocycles. The molecule has 0 fully saturated rings. The molecule has 8 heteroatoms. The van der Waals surface area contributed by atoms with E-state index in [1.165, 1.54) is 27.6 Å². The van der Waals surface area contributed by atoms with E-state index in [2.05, 4.69) is 25.6 Å². The van der Waals surface area contributed by atoms with Crippen molar-refractivity contribution in [2.24, 2.45) is 0 Å². The SMILES string of the molecule is Cc1cc(S(=O)(=O)Nc2nc3c(s2)CCC3)sc1Br. The zero-order valence-electron chi connectivity index (χ0n) is 10.1. The molecule has 3 rings (SSSR count). The maximum atomic E-state index is 12.2. The average Bonchev–Trinajstić information content (AvgIpc) is 2.94. The van der Waals surface area contributed by atoms with E-state index in [1.54, 1.807) is 6.07 Å². The van der Waals surface area contributed by atoms with Gasteiger partial charge in [-0.1, -0.05) is 0 Å². The van der Waals surface area contributed by atoms with Crippen LogP contribution in [0.5, 0.6) is 0 Å². The third kappa shape index (κ3) is 2.58. The van der Waals surface area contributed by atoms with Crippen LogP contribution in [0.1, 0.15) is 22.6 Å². The van der Waals surface area contributed by atoms with Crippen molar-refractivity contribution >= 4 is 53.8 Å². The van der Waals surface area contributed by atoms with Crippen LogP contribution in [0.3, 0.4) is 0 Å². The lowest BCUT2D eigenvalue weighted by Crippen LogP contribution is -2.11. The van der Waals surface area contributed by atoms with Crippen molar-refractivity contribution < 1.29 is 8.42 Å². The van der Waals surface area contributed by atoms with Crippen molar-refractivity contribution in [1.29, 1.82) is 0 Å². The first kappa shape index (κ1) is 13.5. The zero-order chi connectivity index (χ0) is 13.6.